The Balaban J connectivity index is 1.54. The summed E-state index contributed by atoms with van der Waals surface area (Å²) < 4.78 is 21.9. The van der Waals surface area contributed by atoms with Gasteiger partial charge in [-0.2, -0.15) is 0 Å². The summed E-state index contributed by atoms with van der Waals surface area (Å²) in [6.07, 6.45) is 14.4. The molecule has 0 amide bonds. The number of rotatable bonds is 13. The third-order valence-electron chi connectivity index (χ3n) is 6.22. The van der Waals surface area contributed by atoms with Crippen molar-refractivity contribution in [3.63, 3.8) is 0 Å². The molecule has 0 aromatic heterocycles. The smallest absolute Gasteiger partial charge is 0.343 e. The normalized spacial score (nSPS) is 10.4. The van der Waals surface area contributed by atoms with E-state index in [-0.39, 0.29) is 0 Å². The Morgan fingerprint density at radius 1 is 0.684 bits per heavy atom. The van der Waals surface area contributed by atoms with E-state index >= 15 is 0 Å². The van der Waals surface area contributed by atoms with Crippen LogP contribution in [-0.2, 0) is 0 Å². The number of carbonyl (C=O) groups excluding carboxylic acids is 2. The summed E-state index contributed by atoms with van der Waals surface area (Å²) in [7, 11) is 0. The molecule has 6 heteroatoms. The average molecular weight is 515 g/mol. The van der Waals surface area contributed by atoms with Gasteiger partial charge in [-0.1, -0.05) is 45.5 Å². The van der Waals surface area contributed by atoms with Crippen LogP contribution in [0.3, 0.4) is 0 Å². The lowest BCUT2D eigenvalue weighted by atomic mass is 10.1. The molecule has 0 N–H and O–H groups in total. The third kappa shape index (κ3) is 8.14. The molecule has 6 nitrogen and oxygen atoms in total. The van der Waals surface area contributed by atoms with Crippen molar-refractivity contribution in [2.45, 2.75) is 59.3 Å². The molecule has 0 saturated heterocycles. The maximum Gasteiger partial charge on any atom is 0.343 e. The summed E-state index contributed by atoms with van der Waals surface area (Å²) in [6, 6.07) is 16.5. The van der Waals surface area contributed by atoms with Crippen LogP contribution in [-0.4, -0.2) is 18.5 Å². The monoisotopic (exact) mass is 514 g/mol. The fraction of sp³-hybridized carbons (Fsp3) is 0.312. The molecule has 3 aromatic carbocycles. The predicted octanol–water partition coefficient (Wildman–Crippen LogP) is 7.45. The van der Waals surface area contributed by atoms with E-state index in [1.165, 1.54) is 25.7 Å². The Morgan fingerprint density at radius 3 is 1.66 bits per heavy atom. The van der Waals surface area contributed by atoms with Gasteiger partial charge in [0.1, 0.15) is 29.1 Å². The molecule has 0 saturated carbocycles. The molecule has 38 heavy (non-hydrogen) atoms. The van der Waals surface area contributed by atoms with E-state index < -0.39 is 11.9 Å². The minimum absolute atomic E-state index is 0.348. The van der Waals surface area contributed by atoms with Crippen molar-refractivity contribution in [1.29, 1.82) is 0 Å². The second-order valence-electron chi connectivity index (χ2n) is 8.98. The zero-order valence-corrected chi connectivity index (χ0v) is 22.3. The first-order chi connectivity index (χ1) is 18.4. The summed E-state index contributed by atoms with van der Waals surface area (Å²) in [5, 5.41) is 0. The number of carbonyl (C=O) groups is 2. The summed E-state index contributed by atoms with van der Waals surface area (Å²) in [6.45, 7) is 6.48. The Labute approximate surface area is 224 Å². The number of terminal acetylenes is 1. The number of benzene rings is 3. The topological polar surface area (TPSA) is 71.1 Å². The predicted molar refractivity (Wildman–Crippen MR) is 147 cm³/mol. The Hall–Kier alpha value is -4.24. The van der Waals surface area contributed by atoms with Crippen LogP contribution >= 0.6 is 0 Å². The van der Waals surface area contributed by atoms with E-state index in [1.807, 2.05) is 0 Å². The number of ether oxygens (including phenoxy) is 4. The van der Waals surface area contributed by atoms with Gasteiger partial charge in [0.05, 0.1) is 17.7 Å². The molecule has 0 bridgehead atoms. The minimum atomic E-state index is -0.525. The van der Waals surface area contributed by atoms with E-state index in [4.69, 9.17) is 25.4 Å². The summed E-state index contributed by atoms with van der Waals surface area (Å²) in [5.74, 6) is 0.955. The van der Waals surface area contributed by atoms with Gasteiger partial charge >= 0.3 is 11.9 Å². The lowest BCUT2D eigenvalue weighted by Crippen LogP contribution is -2.12. The van der Waals surface area contributed by atoms with Gasteiger partial charge in [-0.3, -0.25) is 0 Å². The highest BCUT2D eigenvalue weighted by molar-refractivity contribution is 5.92. The van der Waals surface area contributed by atoms with Gasteiger partial charge in [-0.25, -0.2) is 9.59 Å². The van der Waals surface area contributed by atoms with Gasteiger partial charge in [0.2, 0.25) is 0 Å². The van der Waals surface area contributed by atoms with E-state index in [2.05, 4.69) is 13.0 Å². The van der Waals surface area contributed by atoms with Crippen LogP contribution in [0.25, 0.3) is 0 Å². The Bertz CT molecular complexity index is 1250. The van der Waals surface area contributed by atoms with Gasteiger partial charge in [0.15, 0.2) is 0 Å². The van der Waals surface area contributed by atoms with E-state index in [1.54, 1.807) is 74.5 Å². The molecule has 3 aromatic rings. The first kappa shape index (κ1) is 28.3. The SMILES string of the molecule is C#COc1ccc(C(=O)Oc2ccc(OC(=O)c3ccc(OCCCCCCCC)cc3)c(C)c2C)cc1. The fourth-order valence-corrected chi connectivity index (χ4v) is 3.80. The van der Waals surface area contributed by atoms with Crippen LogP contribution in [0.1, 0.15) is 77.3 Å². The Morgan fingerprint density at radius 2 is 1.16 bits per heavy atom. The van der Waals surface area contributed by atoms with Crippen LogP contribution < -0.4 is 18.9 Å². The summed E-state index contributed by atoms with van der Waals surface area (Å²) in [5.41, 5.74) is 2.15. The molecule has 0 heterocycles. The summed E-state index contributed by atoms with van der Waals surface area (Å²) in [4.78, 5) is 25.3. The molecular formula is C32H34O6. The lowest BCUT2D eigenvalue weighted by Gasteiger charge is -2.14. The van der Waals surface area contributed by atoms with E-state index in [0.717, 1.165) is 18.6 Å². The number of hydrogen-bond acceptors (Lipinski definition) is 6. The average Bonchev–Trinajstić information content (AvgIpc) is 2.93. The fourth-order valence-electron chi connectivity index (χ4n) is 3.80. The molecule has 0 aliphatic rings. The zero-order valence-electron chi connectivity index (χ0n) is 22.3. The largest absolute Gasteiger partial charge is 0.494 e. The van der Waals surface area contributed by atoms with Crippen LogP contribution in [0.5, 0.6) is 23.0 Å². The zero-order chi connectivity index (χ0) is 27.3. The highest BCUT2D eigenvalue weighted by Crippen LogP contribution is 2.30. The van der Waals surface area contributed by atoms with Crippen molar-refractivity contribution >= 4 is 11.9 Å². The van der Waals surface area contributed by atoms with Crippen molar-refractivity contribution in [3.8, 4) is 35.5 Å². The second kappa shape index (κ2) is 14.5. The molecule has 0 aliphatic heterocycles. The minimum Gasteiger partial charge on any atom is -0.494 e. The van der Waals surface area contributed by atoms with E-state index in [9.17, 15) is 9.59 Å². The molecule has 0 atom stereocenters. The molecule has 0 radical (unpaired) electrons. The first-order valence-electron chi connectivity index (χ1n) is 12.9. The lowest BCUT2D eigenvalue weighted by molar-refractivity contribution is 0.0717. The van der Waals surface area contributed by atoms with Gasteiger partial charge in [0, 0.05) is 0 Å². The third-order valence-corrected chi connectivity index (χ3v) is 6.22. The van der Waals surface area contributed by atoms with Crippen LogP contribution in [0.15, 0.2) is 60.7 Å². The molecule has 0 spiro atoms. The highest BCUT2D eigenvalue weighted by Gasteiger charge is 2.16. The second-order valence-corrected chi connectivity index (χ2v) is 8.98. The summed E-state index contributed by atoms with van der Waals surface area (Å²) >= 11 is 0. The van der Waals surface area contributed by atoms with Crippen molar-refractivity contribution in [2.24, 2.45) is 0 Å². The number of esters is 2. The number of unbranched alkanes of at least 4 members (excludes halogenated alkanes) is 5. The quantitative estimate of drug-likeness (QED) is 0.102. The van der Waals surface area contributed by atoms with Gasteiger partial charge in [-0.15, -0.1) is 0 Å². The molecule has 198 valence electrons. The Kier molecular flexibility index (Phi) is 10.8. The van der Waals surface area contributed by atoms with Gasteiger partial charge < -0.3 is 18.9 Å². The van der Waals surface area contributed by atoms with E-state index in [0.29, 0.717) is 46.1 Å². The van der Waals surface area contributed by atoms with Crippen molar-refractivity contribution in [1.82, 2.24) is 0 Å². The maximum absolute atomic E-state index is 12.7. The van der Waals surface area contributed by atoms with Crippen LogP contribution in [0, 0.1) is 26.4 Å². The maximum atomic E-state index is 12.7. The number of hydrogen-bond donors (Lipinski definition) is 0. The molecule has 3 rings (SSSR count). The van der Waals surface area contributed by atoms with Crippen molar-refractivity contribution in [2.75, 3.05) is 6.61 Å². The first-order valence-corrected chi connectivity index (χ1v) is 12.9. The molecule has 0 unspecified atom stereocenters. The van der Waals surface area contributed by atoms with Crippen LogP contribution in [0.4, 0.5) is 0 Å². The van der Waals surface area contributed by atoms with Gasteiger partial charge in [-0.05, 0) is 92.1 Å². The standard InChI is InChI=1S/C32H34O6/c1-5-7-8-9-10-11-22-36-28-18-14-26(15-19-28)32(34)38-30-21-20-29(23(3)24(30)4)37-31(33)25-12-16-27(17-13-25)35-6-2/h2,12-21H,5,7-11,22H2,1,3-4H3. The highest BCUT2D eigenvalue weighted by atomic mass is 16.5. The molecule has 0 fully saturated rings. The van der Waals surface area contributed by atoms with Crippen molar-refractivity contribution < 1.29 is 28.5 Å². The molecule has 0 aliphatic carbocycles. The van der Waals surface area contributed by atoms with Crippen LogP contribution in [0.2, 0.25) is 0 Å². The van der Waals surface area contributed by atoms with Crippen molar-refractivity contribution in [3.05, 3.63) is 82.9 Å². The van der Waals surface area contributed by atoms with Gasteiger partial charge in [0.25, 0.3) is 0 Å². The molecular weight excluding hydrogens is 480 g/mol.